The number of anilines is 1. The van der Waals surface area contributed by atoms with E-state index in [4.69, 9.17) is 17.0 Å². The molecule has 4 rings (SSSR count). The maximum absolute atomic E-state index is 13.3. The normalized spacial score (nSPS) is 15.0. The fourth-order valence-corrected chi connectivity index (χ4v) is 3.74. The van der Waals surface area contributed by atoms with Crippen molar-refractivity contribution in [3.63, 3.8) is 0 Å². The van der Waals surface area contributed by atoms with E-state index in [0.717, 1.165) is 0 Å². The van der Waals surface area contributed by atoms with Crippen molar-refractivity contribution in [1.29, 1.82) is 0 Å². The predicted molar refractivity (Wildman–Crippen MR) is 127 cm³/mol. The first kappa shape index (κ1) is 22.0. The van der Waals surface area contributed by atoms with Gasteiger partial charge >= 0.3 is 5.97 Å². The van der Waals surface area contributed by atoms with Crippen molar-refractivity contribution in [3.8, 4) is 11.4 Å². The smallest absolute Gasteiger partial charge is 0.335 e. The summed E-state index contributed by atoms with van der Waals surface area (Å²) in [6, 6.07) is 16.7. The third-order valence-corrected chi connectivity index (χ3v) is 5.22. The van der Waals surface area contributed by atoms with E-state index < -0.39 is 17.8 Å². The van der Waals surface area contributed by atoms with E-state index in [1.165, 1.54) is 23.1 Å². The Morgan fingerprint density at radius 3 is 2.61 bits per heavy atom. The van der Waals surface area contributed by atoms with Gasteiger partial charge in [-0.2, -0.15) is 0 Å². The van der Waals surface area contributed by atoms with Gasteiger partial charge in [-0.15, -0.1) is 0 Å². The second-order valence-electron chi connectivity index (χ2n) is 7.05. The van der Waals surface area contributed by atoms with E-state index in [2.05, 4.69) is 5.32 Å². The van der Waals surface area contributed by atoms with Gasteiger partial charge in [0.2, 0.25) is 0 Å². The molecule has 8 nitrogen and oxygen atoms in total. The summed E-state index contributed by atoms with van der Waals surface area (Å²) in [5.41, 5.74) is 1.57. The maximum atomic E-state index is 13.3. The highest BCUT2D eigenvalue weighted by atomic mass is 32.1. The van der Waals surface area contributed by atoms with Crippen LogP contribution in [0.25, 0.3) is 11.8 Å². The number of rotatable bonds is 6. The van der Waals surface area contributed by atoms with E-state index in [9.17, 15) is 19.5 Å². The lowest BCUT2D eigenvalue weighted by Crippen LogP contribution is -2.54. The van der Waals surface area contributed by atoms with E-state index in [0.29, 0.717) is 29.4 Å². The quantitative estimate of drug-likeness (QED) is 0.332. The molecular formula is C24H19N3O5S. The van der Waals surface area contributed by atoms with Gasteiger partial charge in [-0.3, -0.25) is 19.8 Å². The van der Waals surface area contributed by atoms with Gasteiger partial charge in [-0.25, -0.2) is 4.79 Å². The number of nitrogens with zero attached hydrogens (tertiary/aromatic N) is 2. The Kier molecular flexibility index (Phi) is 6.05. The molecule has 33 heavy (non-hydrogen) atoms. The number of ether oxygens (including phenoxy) is 1. The molecule has 2 amide bonds. The molecule has 3 aromatic rings. The van der Waals surface area contributed by atoms with Gasteiger partial charge in [0.15, 0.2) is 5.11 Å². The average Bonchev–Trinajstić information content (AvgIpc) is 3.25. The first-order chi connectivity index (χ1) is 15.9. The Hall–Kier alpha value is -4.24. The lowest BCUT2D eigenvalue weighted by Gasteiger charge is -2.29. The number of carboxylic acids is 1. The summed E-state index contributed by atoms with van der Waals surface area (Å²) in [5, 5.41) is 11.8. The van der Waals surface area contributed by atoms with Crippen molar-refractivity contribution in [1.82, 2.24) is 9.88 Å². The van der Waals surface area contributed by atoms with Gasteiger partial charge in [0.05, 0.1) is 17.9 Å². The zero-order valence-electron chi connectivity index (χ0n) is 17.5. The largest absolute Gasteiger partial charge is 0.494 e. The standard InChI is InChI=1S/C24H19N3O5S/c1-2-32-19-10-4-8-18(13-19)27-22(29)20(21(28)25-24(27)33)14-17-9-5-11-26(17)16-7-3-6-15(12-16)23(30)31/h3-14H,2H2,1H3,(H,30,31)(H,25,28,33)/b20-14+. The third-order valence-electron chi connectivity index (χ3n) is 4.93. The van der Waals surface area contributed by atoms with E-state index in [1.807, 2.05) is 6.92 Å². The van der Waals surface area contributed by atoms with Crippen LogP contribution < -0.4 is 15.0 Å². The van der Waals surface area contributed by atoms with Crippen LogP contribution >= 0.6 is 12.2 Å². The molecule has 0 radical (unpaired) electrons. The topological polar surface area (TPSA) is 101 Å². The number of benzene rings is 2. The molecule has 0 saturated carbocycles. The van der Waals surface area contributed by atoms with Crippen LogP contribution in [0, 0.1) is 0 Å². The number of nitrogens with one attached hydrogen (secondary N) is 1. The summed E-state index contributed by atoms with van der Waals surface area (Å²) >= 11 is 5.26. The summed E-state index contributed by atoms with van der Waals surface area (Å²) in [4.78, 5) is 38.5. The molecule has 9 heteroatoms. The third kappa shape index (κ3) is 4.39. The van der Waals surface area contributed by atoms with Gasteiger partial charge in [-0.05, 0) is 67.7 Å². The SMILES string of the molecule is CCOc1cccc(N2C(=O)/C(=C/c3cccn3-c3cccc(C(=O)O)c3)C(=O)NC2=S)c1. The Morgan fingerprint density at radius 1 is 1.09 bits per heavy atom. The molecule has 2 heterocycles. The molecule has 0 aliphatic carbocycles. The number of carbonyl (C=O) groups excluding carboxylic acids is 2. The number of hydrogen-bond donors (Lipinski definition) is 2. The van der Waals surface area contributed by atoms with Crippen molar-refractivity contribution >= 4 is 46.9 Å². The fraction of sp³-hybridized carbons (Fsp3) is 0.0833. The van der Waals surface area contributed by atoms with Crippen LogP contribution in [0.5, 0.6) is 5.75 Å². The van der Waals surface area contributed by atoms with Crippen molar-refractivity contribution < 1.29 is 24.2 Å². The fourth-order valence-electron chi connectivity index (χ4n) is 3.45. The predicted octanol–water partition coefficient (Wildman–Crippen LogP) is 3.41. The molecule has 1 fully saturated rings. The average molecular weight is 461 g/mol. The second kappa shape index (κ2) is 9.09. The van der Waals surface area contributed by atoms with Gasteiger partial charge in [-0.1, -0.05) is 12.1 Å². The number of aromatic carboxylic acids is 1. The number of carboxylic acid groups (broad SMARTS) is 1. The summed E-state index contributed by atoms with van der Waals surface area (Å²) in [7, 11) is 0. The Bertz CT molecular complexity index is 1310. The van der Waals surface area contributed by atoms with Crippen LogP contribution in [0.4, 0.5) is 5.69 Å². The van der Waals surface area contributed by atoms with Crippen LogP contribution in [-0.4, -0.2) is 39.2 Å². The molecular weight excluding hydrogens is 442 g/mol. The van der Waals surface area contributed by atoms with E-state index in [-0.39, 0.29) is 16.2 Å². The number of hydrogen-bond acceptors (Lipinski definition) is 5. The van der Waals surface area contributed by atoms with Crippen LogP contribution in [0.2, 0.25) is 0 Å². The Labute approximate surface area is 194 Å². The highest BCUT2D eigenvalue weighted by Gasteiger charge is 2.34. The number of aromatic nitrogens is 1. The lowest BCUT2D eigenvalue weighted by molar-refractivity contribution is -0.122. The number of amides is 2. The van der Waals surface area contributed by atoms with E-state index >= 15 is 0 Å². The molecule has 1 saturated heterocycles. The first-order valence-corrected chi connectivity index (χ1v) is 10.4. The number of thiocarbonyl (C=S) groups is 1. The summed E-state index contributed by atoms with van der Waals surface area (Å²) in [6.07, 6.45) is 3.17. The molecule has 2 N–H and O–H groups in total. The molecule has 1 aliphatic rings. The van der Waals surface area contributed by atoms with Crippen molar-refractivity contribution in [2.24, 2.45) is 0 Å². The first-order valence-electron chi connectivity index (χ1n) is 10.0. The second-order valence-corrected chi connectivity index (χ2v) is 7.43. The minimum atomic E-state index is -1.05. The molecule has 1 aromatic heterocycles. The maximum Gasteiger partial charge on any atom is 0.335 e. The van der Waals surface area contributed by atoms with Crippen LogP contribution in [0.3, 0.4) is 0 Å². The minimum Gasteiger partial charge on any atom is -0.494 e. The zero-order chi connectivity index (χ0) is 23.5. The molecule has 2 aromatic carbocycles. The van der Waals surface area contributed by atoms with Gasteiger partial charge < -0.3 is 14.4 Å². The van der Waals surface area contributed by atoms with E-state index in [1.54, 1.807) is 59.3 Å². The summed E-state index contributed by atoms with van der Waals surface area (Å²) < 4.78 is 7.19. The molecule has 0 unspecified atom stereocenters. The van der Waals surface area contributed by atoms with Crippen LogP contribution in [0.15, 0.2) is 72.4 Å². The number of carbonyl (C=O) groups is 3. The zero-order valence-corrected chi connectivity index (χ0v) is 18.3. The molecule has 1 aliphatic heterocycles. The lowest BCUT2D eigenvalue weighted by atomic mass is 10.1. The Morgan fingerprint density at radius 2 is 1.85 bits per heavy atom. The van der Waals surface area contributed by atoms with Crippen LogP contribution in [-0.2, 0) is 9.59 Å². The molecule has 0 bridgehead atoms. The van der Waals surface area contributed by atoms with Crippen molar-refractivity contribution in [2.45, 2.75) is 6.92 Å². The monoisotopic (exact) mass is 461 g/mol. The highest BCUT2D eigenvalue weighted by molar-refractivity contribution is 7.80. The van der Waals surface area contributed by atoms with Crippen molar-refractivity contribution in [3.05, 3.63) is 83.7 Å². The Balaban J connectivity index is 1.73. The summed E-state index contributed by atoms with van der Waals surface area (Å²) in [6.45, 7) is 2.31. The van der Waals surface area contributed by atoms with Crippen molar-refractivity contribution in [2.75, 3.05) is 11.5 Å². The highest BCUT2D eigenvalue weighted by Crippen LogP contribution is 2.26. The minimum absolute atomic E-state index is 0.0275. The molecule has 0 spiro atoms. The van der Waals surface area contributed by atoms with Gasteiger partial charge in [0.1, 0.15) is 11.3 Å². The summed E-state index contributed by atoms with van der Waals surface area (Å²) in [5.74, 6) is -1.68. The van der Waals surface area contributed by atoms with Gasteiger partial charge in [0, 0.05) is 23.6 Å². The van der Waals surface area contributed by atoms with Gasteiger partial charge in [0.25, 0.3) is 11.8 Å². The molecule has 0 atom stereocenters. The van der Waals surface area contributed by atoms with Crippen LogP contribution in [0.1, 0.15) is 23.0 Å². The molecule has 166 valence electrons.